The van der Waals surface area contributed by atoms with Crippen LogP contribution in [0.1, 0.15) is 51.0 Å². The predicted molar refractivity (Wildman–Crippen MR) is 94.7 cm³/mol. The second kappa shape index (κ2) is 6.09. The minimum Gasteiger partial charge on any atom is -0.494 e. The zero-order valence-corrected chi connectivity index (χ0v) is 15.0. The van der Waals surface area contributed by atoms with Crippen LogP contribution in [0.2, 0.25) is 0 Å². The van der Waals surface area contributed by atoms with Crippen molar-refractivity contribution in [3.05, 3.63) is 29.8 Å². The van der Waals surface area contributed by atoms with Crippen molar-refractivity contribution in [3.63, 3.8) is 0 Å². The molecule has 130 valence electrons. The monoisotopic (exact) mass is 327 g/mol. The number of para-hydroxylation sites is 1. The fraction of sp³-hybridized carbons (Fsp3) is 0.667. The Morgan fingerprint density at radius 2 is 1.71 bits per heavy atom. The zero-order chi connectivity index (χ0) is 16.7. The number of benzene rings is 1. The topological polar surface area (TPSA) is 29.5 Å². The maximum Gasteiger partial charge on any atom is 0.228 e. The Balaban J connectivity index is 1.51. The summed E-state index contributed by atoms with van der Waals surface area (Å²) in [7, 11) is 1.98. The maximum atomic E-state index is 13.4. The van der Waals surface area contributed by atoms with Gasteiger partial charge in [0.05, 0.1) is 12.0 Å². The van der Waals surface area contributed by atoms with Crippen molar-refractivity contribution >= 4 is 5.91 Å². The summed E-state index contributed by atoms with van der Waals surface area (Å²) < 4.78 is 5.73. The van der Waals surface area contributed by atoms with Gasteiger partial charge in [-0.25, -0.2) is 0 Å². The van der Waals surface area contributed by atoms with Crippen LogP contribution in [0, 0.1) is 23.2 Å². The fourth-order valence-corrected chi connectivity index (χ4v) is 6.04. The van der Waals surface area contributed by atoms with Gasteiger partial charge < -0.3 is 9.64 Å². The molecule has 4 aliphatic rings. The molecule has 4 saturated carbocycles. The van der Waals surface area contributed by atoms with Gasteiger partial charge in [-0.1, -0.05) is 18.2 Å². The highest BCUT2D eigenvalue weighted by Crippen LogP contribution is 2.60. The van der Waals surface area contributed by atoms with E-state index in [2.05, 4.69) is 6.07 Å². The summed E-state index contributed by atoms with van der Waals surface area (Å²) >= 11 is 0. The van der Waals surface area contributed by atoms with Gasteiger partial charge in [0.15, 0.2) is 0 Å². The standard InChI is InChI=1S/C21H29NO2/c1-3-24-19-7-5-4-6-18(19)14-22(2)20(23)21-11-15-8-16(12-21)10-17(9-15)13-21/h4-7,15-17H,3,8-14H2,1-2H3. The lowest BCUT2D eigenvalue weighted by atomic mass is 9.49. The SMILES string of the molecule is CCOc1ccccc1CN(C)C(=O)C12CC3CC(CC(C3)C1)C2. The van der Waals surface area contributed by atoms with E-state index in [4.69, 9.17) is 4.74 Å². The second-order valence-corrected chi connectivity index (χ2v) is 8.40. The Kier molecular flexibility index (Phi) is 4.06. The molecule has 5 rings (SSSR count). The molecule has 0 spiro atoms. The van der Waals surface area contributed by atoms with Crippen molar-refractivity contribution in [1.29, 1.82) is 0 Å². The van der Waals surface area contributed by atoms with E-state index < -0.39 is 0 Å². The van der Waals surface area contributed by atoms with E-state index in [1.165, 1.54) is 19.3 Å². The average molecular weight is 327 g/mol. The van der Waals surface area contributed by atoms with Crippen LogP contribution in [-0.4, -0.2) is 24.5 Å². The second-order valence-electron chi connectivity index (χ2n) is 8.40. The van der Waals surface area contributed by atoms with Crippen LogP contribution in [0.15, 0.2) is 24.3 Å². The molecule has 0 aromatic heterocycles. The van der Waals surface area contributed by atoms with Crippen molar-refractivity contribution in [2.45, 2.75) is 52.0 Å². The van der Waals surface area contributed by atoms with Crippen LogP contribution in [0.4, 0.5) is 0 Å². The zero-order valence-electron chi connectivity index (χ0n) is 15.0. The minimum absolute atomic E-state index is 0.0515. The van der Waals surface area contributed by atoms with Crippen LogP contribution in [0.5, 0.6) is 5.75 Å². The van der Waals surface area contributed by atoms with Gasteiger partial charge in [0.25, 0.3) is 0 Å². The molecule has 0 heterocycles. The first-order valence-corrected chi connectivity index (χ1v) is 9.56. The molecular formula is C21H29NO2. The number of nitrogens with zero attached hydrogens (tertiary/aromatic N) is 1. The molecule has 1 aromatic carbocycles. The summed E-state index contributed by atoms with van der Waals surface area (Å²) in [6.07, 6.45) is 7.54. The summed E-state index contributed by atoms with van der Waals surface area (Å²) in [6, 6.07) is 8.10. The molecule has 24 heavy (non-hydrogen) atoms. The number of hydrogen-bond acceptors (Lipinski definition) is 2. The third-order valence-electron chi connectivity index (χ3n) is 6.52. The smallest absolute Gasteiger partial charge is 0.228 e. The van der Waals surface area contributed by atoms with Gasteiger partial charge in [-0.3, -0.25) is 4.79 Å². The average Bonchev–Trinajstić information content (AvgIpc) is 2.55. The molecule has 4 bridgehead atoms. The number of carbonyl (C=O) groups excluding carboxylic acids is 1. The summed E-state index contributed by atoms with van der Waals surface area (Å²) in [5.74, 6) is 3.72. The molecule has 0 aliphatic heterocycles. The molecule has 0 N–H and O–H groups in total. The first-order chi connectivity index (χ1) is 11.6. The molecule has 3 heteroatoms. The summed E-state index contributed by atoms with van der Waals surface area (Å²) in [4.78, 5) is 15.3. The first kappa shape index (κ1) is 16.0. The first-order valence-electron chi connectivity index (χ1n) is 9.56. The van der Waals surface area contributed by atoms with E-state index in [-0.39, 0.29) is 5.41 Å². The van der Waals surface area contributed by atoms with Crippen molar-refractivity contribution in [2.75, 3.05) is 13.7 Å². The Bertz CT molecular complexity index is 589. The molecule has 0 saturated heterocycles. The lowest BCUT2D eigenvalue weighted by Crippen LogP contribution is -2.53. The van der Waals surface area contributed by atoms with E-state index in [1.54, 1.807) is 0 Å². The Hall–Kier alpha value is -1.51. The van der Waals surface area contributed by atoms with E-state index >= 15 is 0 Å². The molecule has 0 radical (unpaired) electrons. The summed E-state index contributed by atoms with van der Waals surface area (Å²) in [5, 5.41) is 0. The quantitative estimate of drug-likeness (QED) is 0.809. The normalized spacial score (nSPS) is 33.5. The lowest BCUT2D eigenvalue weighted by molar-refractivity contribution is -0.156. The number of amides is 1. The van der Waals surface area contributed by atoms with Gasteiger partial charge in [0.1, 0.15) is 5.75 Å². The Morgan fingerprint density at radius 1 is 1.12 bits per heavy atom. The van der Waals surface area contributed by atoms with Gasteiger partial charge in [0, 0.05) is 19.2 Å². The minimum atomic E-state index is -0.0515. The van der Waals surface area contributed by atoms with E-state index in [0.29, 0.717) is 19.1 Å². The molecular weight excluding hydrogens is 298 g/mol. The Labute approximate surface area is 145 Å². The molecule has 1 amide bonds. The van der Waals surface area contributed by atoms with Crippen LogP contribution < -0.4 is 4.74 Å². The molecule has 1 aromatic rings. The molecule has 3 nitrogen and oxygen atoms in total. The lowest BCUT2D eigenvalue weighted by Gasteiger charge is -2.56. The van der Waals surface area contributed by atoms with Gasteiger partial charge in [-0.05, 0) is 69.3 Å². The third kappa shape index (κ3) is 2.72. The van der Waals surface area contributed by atoms with E-state index in [9.17, 15) is 4.79 Å². The van der Waals surface area contributed by atoms with Crippen molar-refractivity contribution in [3.8, 4) is 5.75 Å². The van der Waals surface area contributed by atoms with Crippen molar-refractivity contribution in [2.24, 2.45) is 23.2 Å². The maximum absolute atomic E-state index is 13.4. The highest BCUT2D eigenvalue weighted by molar-refractivity contribution is 5.83. The third-order valence-corrected chi connectivity index (χ3v) is 6.52. The number of hydrogen-bond donors (Lipinski definition) is 0. The van der Waals surface area contributed by atoms with Crippen molar-refractivity contribution in [1.82, 2.24) is 4.90 Å². The van der Waals surface area contributed by atoms with Gasteiger partial charge in [-0.15, -0.1) is 0 Å². The number of rotatable bonds is 5. The molecule has 0 atom stereocenters. The summed E-state index contributed by atoms with van der Waals surface area (Å²) in [5.41, 5.74) is 1.06. The predicted octanol–water partition coefficient (Wildman–Crippen LogP) is 4.26. The van der Waals surface area contributed by atoms with E-state index in [1.807, 2.05) is 37.1 Å². The highest BCUT2D eigenvalue weighted by Gasteiger charge is 2.55. The van der Waals surface area contributed by atoms with Crippen LogP contribution in [0.3, 0.4) is 0 Å². The number of ether oxygens (including phenoxy) is 1. The number of carbonyl (C=O) groups is 1. The van der Waals surface area contributed by atoms with Gasteiger partial charge in [-0.2, -0.15) is 0 Å². The van der Waals surface area contributed by atoms with Gasteiger partial charge >= 0.3 is 0 Å². The van der Waals surface area contributed by atoms with Crippen LogP contribution >= 0.6 is 0 Å². The largest absolute Gasteiger partial charge is 0.494 e. The molecule has 0 unspecified atom stereocenters. The van der Waals surface area contributed by atoms with Crippen LogP contribution in [-0.2, 0) is 11.3 Å². The molecule has 4 fully saturated rings. The van der Waals surface area contributed by atoms with Crippen LogP contribution in [0.25, 0.3) is 0 Å². The van der Waals surface area contributed by atoms with Gasteiger partial charge in [0.2, 0.25) is 5.91 Å². The Morgan fingerprint density at radius 3 is 2.29 bits per heavy atom. The summed E-state index contributed by atoms with van der Waals surface area (Å²) in [6.45, 7) is 3.31. The van der Waals surface area contributed by atoms with E-state index in [0.717, 1.165) is 48.3 Å². The highest BCUT2D eigenvalue weighted by atomic mass is 16.5. The van der Waals surface area contributed by atoms with Crippen molar-refractivity contribution < 1.29 is 9.53 Å². The fourth-order valence-electron chi connectivity index (χ4n) is 6.04. The molecule has 4 aliphatic carbocycles.